The van der Waals surface area contributed by atoms with Crippen LogP contribution in [0.3, 0.4) is 0 Å². The molecule has 4 aliphatic carbocycles. The quantitative estimate of drug-likeness (QED) is 0.693. The Hall–Kier alpha value is -1.26. The van der Waals surface area contributed by atoms with Crippen molar-refractivity contribution in [3.63, 3.8) is 0 Å². The third-order valence-electron chi connectivity index (χ3n) is 8.43. The highest BCUT2D eigenvalue weighted by Gasteiger charge is 2.57. The lowest BCUT2D eigenvalue weighted by Crippen LogP contribution is -2.51. The minimum atomic E-state index is -0.823. The number of ether oxygens (including phenoxy) is 2. The molecule has 0 spiro atoms. The fraction of sp³-hybridized carbons (Fsp3) is 0.739. The predicted molar refractivity (Wildman–Crippen MR) is 103 cm³/mol. The van der Waals surface area contributed by atoms with Gasteiger partial charge in [-0.1, -0.05) is 31.6 Å². The van der Waals surface area contributed by atoms with Gasteiger partial charge >= 0.3 is 0 Å². The second-order valence-corrected chi connectivity index (χ2v) is 9.48. The molecule has 0 radical (unpaired) electrons. The summed E-state index contributed by atoms with van der Waals surface area (Å²) in [4.78, 5) is 25.0. The molecule has 0 N–H and O–H groups in total. The smallest absolute Gasteiger partial charge is 0.221 e. The molecule has 1 unspecified atom stereocenters. The number of fused-ring (bicyclic) bond motifs is 5. The van der Waals surface area contributed by atoms with E-state index in [1.54, 1.807) is 0 Å². The van der Waals surface area contributed by atoms with Crippen molar-refractivity contribution in [2.24, 2.45) is 28.6 Å². The Morgan fingerprint density at radius 1 is 1.11 bits per heavy atom. The van der Waals surface area contributed by atoms with E-state index < -0.39 is 6.29 Å². The monoisotopic (exact) mass is 372 g/mol. The second-order valence-electron chi connectivity index (χ2n) is 9.48. The van der Waals surface area contributed by atoms with E-state index in [0.29, 0.717) is 23.5 Å². The van der Waals surface area contributed by atoms with Gasteiger partial charge in [0.1, 0.15) is 5.78 Å². The Morgan fingerprint density at radius 3 is 2.56 bits per heavy atom. The zero-order valence-corrected chi connectivity index (χ0v) is 17.0. The van der Waals surface area contributed by atoms with Gasteiger partial charge in [0, 0.05) is 38.0 Å². The van der Waals surface area contributed by atoms with Gasteiger partial charge in [-0.15, -0.1) is 0 Å². The molecule has 0 bridgehead atoms. The Kier molecular flexibility index (Phi) is 4.71. The fourth-order valence-electron chi connectivity index (χ4n) is 6.83. The van der Waals surface area contributed by atoms with Gasteiger partial charge < -0.3 is 9.47 Å². The lowest BCUT2D eigenvalue weighted by atomic mass is 9.46. The molecule has 0 aromatic carbocycles. The molecule has 148 valence electrons. The number of methoxy groups -OCH3 is 2. The zero-order chi connectivity index (χ0) is 19.4. The van der Waals surface area contributed by atoms with E-state index in [0.717, 1.165) is 50.5 Å². The van der Waals surface area contributed by atoms with Crippen LogP contribution < -0.4 is 0 Å². The number of carbonyl (C=O) groups is 2. The standard InChI is InChI=1S/C23H32O4/c1-22-11-9-15(24)13-14(22)5-6-16-17-7-8-19(20(25)21(26-3)27-4)23(17,2)12-10-18(16)22/h7-8,14,16,18,21H,5-6,9-13H2,1-4H3/t14?,16-,18-,22-,23-/m0/s1. The molecule has 0 amide bonds. The minimum absolute atomic E-state index is 0.0460. The summed E-state index contributed by atoms with van der Waals surface area (Å²) in [5.74, 6) is 2.12. The summed E-state index contributed by atoms with van der Waals surface area (Å²) in [5.41, 5.74) is 2.36. The lowest BCUT2D eigenvalue weighted by molar-refractivity contribution is -0.153. The van der Waals surface area contributed by atoms with Crippen LogP contribution in [0.25, 0.3) is 0 Å². The van der Waals surface area contributed by atoms with Crippen molar-refractivity contribution in [3.05, 3.63) is 23.3 Å². The SMILES string of the molecule is COC(OC)C(=O)C1=CC=C2[C@@H]3CCC4CC(=O)CC[C@]4(C)[C@H]3CC[C@]12C. The molecular weight excluding hydrogens is 340 g/mol. The van der Waals surface area contributed by atoms with Crippen molar-refractivity contribution in [1.29, 1.82) is 0 Å². The first-order chi connectivity index (χ1) is 12.8. The molecule has 0 saturated heterocycles. The van der Waals surface area contributed by atoms with Gasteiger partial charge in [-0.25, -0.2) is 0 Å². The van der Waals surface area contributed by atoms with Crippen LogP contribution in [0.15, 0.2) is 23.3 Å². The first-order valence-electron chi connectivity index (χ1n) is 10.4. The number of hydrogen-bond donors (Lipinski definition) is 0. The number of Topliss-reactive ketones (excluding diaryl/α,β-unsaturated/α-hetero) is 2. The second kappa shape index (κ2) is 6.66. The maximum absolute atomic E-state index is 13.0. The first-order valence-corrected chi connectivity index (χ1v) is 10.4. The molecule has 3 saturated carbocycles. The molecular formula is C23H32O4. The zero-order valence-electron chi connectivity index (χ0n) is 17.0. The molecule has 0 aliphatic heterocycles. The van der Waals surface area contributed by atoms with Crippen LogP contribution in [-0.4, -0.2) is 32.1 Å². The highest BCUT2D eigenvalue weighted by molar-refractivity contribution is 6.01. The molecule has 3 fully saturated rings. The fourth-order valence-corrected chi connectivity index (χ4v) is 6.83. The molecule has 27 heavy (non-hydrogen) atoms. The van der Waals surface area contributed by atoms with E-state index >= 15 is 0 Å². The normalized spacial score (nSPS) is 40.8. The van der Waals surface area contributed by atoms with Crippen molar-refractivity contribution in [2.75, 3.05) is 14.2 Å². The topological polar surface area (TPSA) is 52.6 Å². The maximum atomic E-state index is 13.0. The van der Waals surface area contributed by atoms with Crippen molar-refractivity contribution in [3.8, 4) is 0 Å². The molecule has 0 aromatic heterocycles. The molecule has 4 aliphatic rings. The average Bonchev–Trinajstić information content (AvgIpc) is 3.00. The first kappa shape index (κ1) is 19.1. The van der Waals surface area contributed by atoms with E-state index in [1.807, 2.05) is 6.08 Å². The van der Waals surface area contributed by atoms with E-state index in [1.165, 1.54) is 19.8 Å². The van der Waals surface area contributed by atoms with Gasteiger partial charge in [0.15, 0.2) is 0 Å². The van der Waals surface area contributed by atoms with E-state index in [-0.39, 0.29) is 16.6 Å². The summed E-state index contributed by atoms with van der Waals surface area (Å²) in [5, 5.41) is 0. The van der Waals surface area contributed by atoms with Gasteiger partial charge in [-0.3, -0.25) is 9.59 Å². The van der Waals surface area contributed by atoms with Gasteiger partial charge in [0.2, 0.25) is 12.1 Å². The van der Waals surface area contributed by atoms with Crippen molar-refractivity contribution >= 4 is 11.6 Å². The van der Waals surface area contributed by atoms with Crippen LogP contribution in [0.4, 0.5) is 0 Å². The molecule has 4 rings (SSSR count). The van der Waals surface area contributed by atoms with E-state index in [4.69, 9.17) is 9.47 Å². The Labute approximate surface area is 162 Å². The number of allylic oxidation sites excluding steroid dienone is 3. The van der Waals surface area contributed by atoms with Crippen LogP contribution >= 0.6 is 0 Å². The van der Waals surface area contributed by atoms with Gasteiger partial charge in [-0.2, -0.15) is 0 Å². The summed E-state index contributed by atoms with van der Waals surface area (Å²) < 4.78 is 10.5. The lowest BCUT2D eigenvalue weighted by Gasteiger charge is -2.58. The summed E-state index contributed by atoms with van der Waals surface area (Å²) in [6.45, 7) is 4.66. The van der Waals surface area contributed by atoms with Crippen molar-refractivity contribution in [2.45, 2.75) is 65.1 Å². The molecule has 0 aromatic rings. The predicted octanol–water partition coefficient (Wildman–Crippen LogP) is 4.24. The highest BCUT2D eigenvalue weighted by Crippen LogP contribution is 2.64. The summed E-state index contributed by atoms with van der Waals surface area (Å²) in [6, 6.07) is 0. The van der Waals surface area contributed by atoms with Crippen molar-refractivity contribution < 1.29 is 19.1 Å². The Morgan fingerprint density at radius 2 is 1.85 bits per heavy atom. The largest absolute Gasteiger partial charge is 0.349 e. The van der Waals surface area contributed by atoms with Gasteiger partial charge in [0.25, 0.3) is 0 Å². The minimum Gasteiger partial charge on any atom is -0.349 e. The Bertz CT molecular complexity index is 716. The summed E-state index contributed by atoms with van der Waals surface area (Å²) in [7, 11) is 3.03. The van der Waals surface area contributed by atoms with E-state index in [9.17, 15) is 9.59 Å². The number of carbonyl (C=O) groups excluding carboxylic acids is 2. The molecule has 4 heteroatoms. The third kappa shape index (κ3) is 2.71. The number of rotatable bonds is 4. The van der Waals surface area contributed by atoms with Crippen LogP contribution in [0.2, 0.25) is 0 Å². The van der Waals surface area contributed by atoms with Crippen molar-refractivity contribution in [1.82, 2.24) is 0 Å². The van der Waals surface area contributed by atoms with Crippen LogP contribution in [0, 0.1) is 28.6 Å². The maximum Gasteiger partial charge on any atom is 0.221 e. The molecule has 4 nitrogen and oxygen atoms in total. The van der Waals surface area contributed by atoms with Crippen LogP contribution in [0.5, 0.6) is 0 Å². The Balaban J connectivity index is 1.60. The van der Waals surface area contributed by atoms with Crippen LogP contribution in [-0.2, 0) is 19.1 Å². The van der Waals surface area contributed by atoms with Gasteiger partial charge in [0.05, 0.1) is 0 Å². The van der Waals surface area contributed by atoms with E-state index in [2.05, 4.69) is 19.9 Å². The van der Waals surface area contributed by atoms with Gasteiger partial charge in [-0.05, 0) is 55.3 Å². The number of ketones is 2. The van der Waals surface area contributed by atoms with Crippen LogP contribution in [0.1, 0.15) is 58.8 Å². The molecule has 5 atom stereocenters. The third-order valence-corrected chi connectivity index (χ3v) is 8.43. The summed E-state index contributed by atoms with van der Waals surface area (Å²) >= 11 is 0. The summed E-state index contributed by atoms with van der Waals surface area (Å²) in [6.07, 6.45) is 10.4. The number of hydrogen-bond acceptors (Lipinski definition) is 4. The highest BCUT2D eigenvalue weighted by atomic mass is 16.7. The molecule has 0 heterocycles. The average molecular weight is 373 g/mol.